The van der Waals surface area contributed by atoms with Gasteiger partial charge in [0.2, 0.25) is 0 Å². The summed E-state index contributed by atoms with van der Waals surface area (Å²) in [6, 6.07) is 4.26. The summed E-state index contributed by atoms with van der Waals surface area (Å²) in [4.78, 5) is 8.00. The first-order valence-corrected chi connectivity index (χ1v) is 12.8. The van der Waals surface area contributed by atoms with E-state index in [0.29, 0.717) is 0 Å². The number of pyridine rings is 2. The Kier molecular flexibility index (Phi) is 6.04. The normalized spacial score (nSPS) is 14.2. The van der Waals surface area contributed by atoms with Gasteiger partial charge in [0.1, 0.15) is 17.2 Å². The summed E-state index contributed by atoms with van der Waals surface area (Å²) in [6.07, 6.45) is -2.25. The van der Waals surface area contributed by atoms with Gasteiger partial charge in [-0.15, -0.1) is 10.2 Å². The third-order valence-corrected chi connectivity index (χ3v) is 6.70. The quantitative estimate of drug-likeness (QED) is 0.529. The lowest BCUT2D eigenvalue weighted by atomic mass is 10.2. The average molecular weight is 489 g/mol. The van der Waals surface area contributed by atoms with Crippen LogP contribution in [0.3, 0.4) is 0 Å². The monoisotopic (exact) mass is 488 g/mol. The molecular formula is C18H19F3N6O3S2. The highest BCUT2D eigenvalue weighted by atomic mass is 32.2. The van der Waals surface area contributed by atoms with Gasteiger partial charge in [0.05, 0.1) is 16.2 Å². The second-order valence-corrected chi connectivity index (χ2v) is 11.3. The highest BCUT2D eigenvalue weighted by Crippen LogP contribution is 2.32. The summed E-state index contributed by atoms with van der Waals surface area (Å²) >= 11 is 0. The lowest BCUT2D eigenvalue weighted by Crippen LogP contribution is -2.14. The number of hydrogen-bond acceptors (Lipinski definition) is 7. The molecule has 3 rings (SSSR count). The molecule has 0 radical (unpaired) electrons. The molecule has 0 fully saturated rings. The summed E-state index contributed by atoms with van der Waals surface area (Å²) in [5, 5.41) is 7.85. The molecule has 3 aromatic heterocycles. The molecule has 0 saturated heterocycles. The van der Waals surface area contributed by atoms with E-state index in [1.54, 1.807) is 0 Å². The van der Waals surface area contributed by atoms with Crippen LogP contribution in [0.25, 0.3) is 23.0 Å². The van der Waals surface area contributed by atoms with E-state index in [9.17, 15) is 25.8 Å². The van der Waals surface area contributed by atoms with Crippen molar-refractivity contribution in [3.05, 3.63) is 36.0 Å². The molecule has 3 heterocycles. The third-order valence-electron chi connectivity index (χ3n) is 4.30. The minimum atomic E-state index is -4.58. The Labute approximate surface area is 182 Å². The molecule has 14 heteroatoms. The van der Waals surface area contributed by atoms with Gasteiger partial charge in [0.25, 0.3) is 0 Å². The van der Waals surface area contributed by atoms with Crippen molar-refractivity contribution in [3.8, 4) is 23.0 Å². The van der Waals surface area contributed by atoms with Gasteiger partial charge in [-0.1, -0.05) is 6.92 Å². The Morgan fingerprint density at radius 2 is 1.78 bits per heavy atom. The largest absolute Gasteiger partial charge is 0.416 e. The molecule has 0 aromatic carbocycles. The first kappa shape index (κ1) is 23.7. The minimum Gasteiger partial charge on any atom is -0.307 e. The SMILES string of the molecule is C=S(C)(=O)Nc1ccc(S(=O)(=O)CC)c(-c2nnc(-c3cc(C(F)(F)F)ccn3)n2C)n1. The molecule has 172 valence electrons. The number of sulfone groups is 1. The average Bonchev–Trinajstić information content (AvgIpc) is 3.07. The molecule has 0 bridgehead atoms. The molecule has 0 aliphatic rings. The van der Waals surface area contributed by atoms with Crippen LogP contribution in [0.2, 0.25) is 0 Å². The van der Waals surface area contributed by atoms with E-state index in [1.807, 2.05) is 0 Å². The van der Waals surface area contributed by atoms with Crippen molar-refractivity contribution in [1.29, 1.82) is 0 Å². The zero-order valence-electron chi connectivity index (χ0n) is 17.2. The van der Waals surface area contributed by atoms with Crippen LogP contribution in [0.5, 0.6) is 0 Å². The molecule has 0 aliphatic carbocycles. The molecule has 3 aromatic rings. The van der Waals surface area contributed by atoms with Crippen molar-refractivity contribution in [2.45, 2.75) is 18.0 Å². The summed E-state index contributed by atoms with van der Waals surface area (Å²) in [5.74, 6) is 3.27. The van der Waals surface area contributed by atoms with Crippen LogP contribution in [0.4, 0.5) is 19.0 Å². The van der Waals surface area contributed by atoms with Crippen molar-refractivity contribution < 1.29 is 25.8 Å². The van der Waals surface area contributed by atoms with Crippen LogP contribution in [0.1, 0.15) is 12.5 Å². The fraction of sp³-hybridized carbons (Fsp3) is 0.278. The zero-order valence-corrected chi connectivity index (χ0v) is 18.8. The number of rotatable bonds is 6. The van der Waals surface area contributed by atoms with Crippen LogP contribution >= 0.6 is 0 Å². The minimum absolute atomic E-state index is 0.0254. The van der Waals surface area contributed by atoms with Crippen LogP contribution in [-0.2, 0) is 32.8 Å². The van der Waals surface area contributed by atoms with Gasteiger partial charge in [0.15, 0.2) is 21.5 Å². The van der Waals surface area contributed by atoms with Crippen molar-refractivity contribution in [3.63, 3.8) is 0 Å². The van der Waals surface area contributed by atoms with Crippen molar-refractivity contribution in [2.75, 3.05) is 16.7 Å². The Hall–Kier alpha value is -3.00. The first-order chi connectivity index (χ1) is 14.7. The number of halogens is 3. The van der Waals surface area contributed by atoms with Gasteiger partial charge in [-0.3, -0.25) is 9.71 Å². The van der Waals surface area contributed by atoms with Crippen LogP contribution in [0.15, 0.2) is 35.4 Å². The van der Waals surface area contributed by atoms with E-state index in [2.05, 4.69) is 30.8 Å². The molecule has 0 amide bonds. The zero-order chi connectivity index (χ0) is 23.9. The van der Waals surface area contributed by atoms with Gasteiger partial charge in [-0.05, 0) is 30.1 Å². The lowest BCUT2D eigenvalue weighted by molar-refractivity contribution is -0.137. The topological polar surface area (TPSA) is 120 Å². The molecule has 1 N–H and O–H groups in total. The van der Waals surface area contributed by atoms with Crippen LogP contribution in [0, 0.1) is 0 Å². The molecule has 0 spiro atoms. The summed E-state index contributed by atoms with van der Waals surface area (Å²) in [6.45, 7) is 1.45. The second-order valence-electron chi connectivity index (χ2n) is 6.89. The maximum Gasteiger partial charge on any atom is 0.416 e. The molecule has 1 unspecified atom stereocenters. The van der Waals surface area contributed by atoms with Gasteiger partial charge < -0.3 is 4.57 Å². The first-order valence-electron chi connectivity index (χ1n) is 9.00. The Morgan fingerprint density at radius 1 is 1.12 bits per heavy atom. The van der Waals surface area contributed by atoms with Gasteiger partial charge >= 0.3 is 6.18 Å². The maximum atomic E-state index is 13.1. The predicted octanol–water partition coefficient (Wildman–Crippen LogP) is 2.42. The van der Waals surface area contributed by atoms with Gasteiger partial charge in [-0.2, -0.15) is 13.2 Å². The predicted molar refractivity (Wildman–Crippen MR) is 115 cm³/mol. The standard InChI is InChI=1S/C18H19F3N6O3S2/c1-5-32(29,30)13-6-7-14(26-31(3,4)28)23-15(13)17-25-24-16(27(17)2)12-10-11(8-9-22-12)18(19,20)21/h6-10H,3,5H2,1-2,4H3,(H,23,26,28). The van der Waals surface area contributed by atoms with E-state index in [-0.39, 0.29) is 39.5 Å². The van der Waals surface area contributed by atoms with E-state index < -0.39 is 31.3 Å². The summed E-state index contributed by atoms with van der Waals surface area (Å²) < 4.78 is 80.3. The number of anilines is 1. The van der Waals surface area contributed by atoms with E-state index in [4.69, 9.17) is 0 Å². The van der Waals surface area contributed by atoms with Crippen LogP contribution in [-0.4, -0.2) is 55.2 Å². The Bertz CT molecular complexity index is 1380. The highest BCUT2D eigenvalue weighted by molar-refractivity contribution is 8.00. The van der Waals surface area contributed by atoms with Gasteiger partial charge in [0, 0.05) is 29.2 Å². The number of nitrogens with one attached hydrogen (secondary N) is 1. The summed E-state index contributed by atoms with van der Waals surface area (Å²) in [7, 11) is -5.03. The van der Waals surface area contributed by atoms with E-state index >= 15 is 0 Å². The van der Waals surface area contributed by atoms with Crippen molar-refractivity contribution >= 4 is 31.2 Å². The van der Waals surface area contributed by atoms with E-state index in [0.717, 1.165) is 18.3 Å². The molecule has 0 saturated carbocycles. The molecular weight excluding hydrogens is 469 g/mol. The van der Waals surface area contributed by atoms with Crippen LogP contribution < -0.4 is 4.72 Å². The maximum absolute atomic E-state index is 13.1. The molecule has 1 atom stereocenters. The molecule has 0 aliphatic heterocycles. The van der Waals surface area contributed by atoms with Gasteiger partial charge in [-0.25, -0.2) is 17.6 Å². The van der Waals surface area contributed by atoms with E-state index in [1.165, 1.54) is 36.9 Å². The number of nitrogens with zero attached hydrogens (tertiary/aromatic N) is 5. The molecule has 9 nitrogen and oxygen atoms in total. The number of aromatic nitrogens is 5. The fourth-order valence-corrected chi connectivity index (χ4v) is 4.35. The van der Waals surface area contributed by atoms with Crippen molar-refractivity contribution in [1.82, 2.24) is 24.7 Å². The fourth-order valence-electron chi connectivity index (χ4n) is 2.78. The molecule has 32 heavy (non-hydrogen) atoms. The lowest BCUT2D eigenvalue weighted by Gasteiger charge is -2.13. The second kappa shape index (κ2) is 8.16. The Morgan fingerprint density at radius 3 is 2.38 bits per heavy atom. The third kappa shape index (κ3) is 4.91. The Balaban J connectivity index is 2.20. The van der Waals surface area contributed by atoms with Crippen molar-refractivity contribution in [2.24, 2.45) is 7.05 Å². The highest BCUT2D eigenvalue weighted by Gasteiger charge is 2.31. The number of hydrogen-bond donors (Lipinski definition) is 1. The number of alkyl halides is 3. The summed E-state index contributed by atoms with van der Waals surface area (Å²) in [5.41, 5.74) is -1.13. The smallest absolute Gasteiger partial charge is 0.307 e.